The first-order valence-corrected chi connectivity index (χ1v) is 13.0. The Morgan fingerprint density at radius 3 is 2.58 bits per heavy atom. The van der Waals surface area contributed by atoms with Crippen molar-refractivity contribution in [3.8, 4) is 0 Å². The molecule has 9 nitrogen and oxygen atoms in total. The van der Waals surface area contributed by atoms with Crippen LogP contribution in [0.3, 0.4) is 0 Å². The maximum atomic E-state index is 14.8. The molecule has 1 fully saturated rings. The van der Waals surface area contributed by atoms with Crippen LogP contribution in [-0.4, -0.2) is 59.2 Å². The van der Waals surface area contributed by atoms with Gasteiger partial charge in [0, 0.05) is 53.4 Å². The summed E-state index contributed by atoms with van der Waals surface area (Å²) in [4.78, 5) is 28.6. The highest BCUT2D eigenvalue weighted by molar-refractivity contribution is 8.00. The molecule has 0 aliphatic carbocycles. The summed E-state index contributed by atoms with van der Waals surface area (Å²) in [6.45, 7) is 2.77. The summed E-state index contributed by atoms with van der Waals surface area (Å²) in [5.41, 5.74) is -1.03. The van der Waals surface area contributed by atoms with Crippen molar-refractivity contribution >= 4 is 29.4 Å². The molecule has 12 heteroatoms. The Bertz CT molecular complexity index is 1300. The molecule has 2 aromatic carbocycles. The first-order chi connectivity index (χ1) is 18.2. The van der Waals surface area contributed by atoms with Crippen molar-refractivity contribution in [2.75, 3.05) is 13.1 Å². The van der Waals surface area contributed by atoms with Gasteiger partial charge < -0.3 is 10.0 Å². The van der Waals surface area contributed by atoms with E-state index in [1.165, 1.54) is 53.4 Å². The highest BCUT2D eigenvalue weighted by atomic mass is 32.2. The van der Waals surface area contributed by atoms with Crippen molar-refractivity contribution in [3.63, 3.8) is 0 Å². The van der Waals surface area contributed by atoms with E-state index in [0.717, 1.165) is 12.1 Å². The number of carbonyl (C=O) groups is 1. The second kappa shape index (κ2) is 11.8. The minimum absolute atomic E-state index is 0.0154. The van der Waals surface area contributed by atoms with E-state index in [1.807, 2.05) is 0 Å². The number of halogens is 2. The van der Waals surface area contributed by atoms with Crippen molar-refractivity contribution in [3.05, 3.63) is 94.1 Å². The number of hydrogen-bond acceptors (Lipinski definition) is 7. The summed E-state index contributed by atoms with van der Waals surface area (Å²) in [5.74, 6) is -1.72. The van der Waals surface area contributed by atoms with Gasteiger partial charge in [0.1, 0.15) is 29.9 Å². The summed E-state index contributed by atoms with van der Waals surface area (Å²) >= 11 is 1.50. The van der Waals surface area contributed by atoms with Gasteiger partial charge >= 0.3 is 0 Å². The first-order valence-electron chi connectivity index (χ1n) is 12.0. The molecule has 0 saturated carbocycles. The number of likely N-dealkylation sites (tertiary alicyclic amines) is 1. The van der Waals surface area contributed by atoms with E-state index < -0.39 is 27.4 Å². The molecule has 0 spiro atoms. The molecule has 1 aliphatic rings. The number of thioether (sulfide) groups is 1. The van der Waals surface area contributed by atoms with Crippen LogP contribution in [0, 0.1) is 21.7 Å². The lowest BCUT2D eigenvalue weighted by atomic mass is 9.90. The normalized spacial score (nSPS) is 16.9. The van der Waals surface area contributed by atoms with Gasteiger partial charge in [-0.3, -0.25) is 14.9 Å². The van der Waals surface area contributed by atoms with Gasteiger partial charge in [-0.15, -0.1) is 0 Å². The van der Waals surface area contributed by atoms with E-state index in [-0.39, 0.29) is 29.0 Å². The number of non-ortho nitro benzene ring substituents is 1. The first kappa shape index (κ1) is 27.4. The minimum atomic E-state index is -1.68. The summed E-state index contributed by atoms with van der Waals surface area (Å²) in [6, 6.07) is 9.07. The maximum absolute atomic E-state index is 14.8. The molecule has 1 N–H and O–H groups in total. The van der Waals surface area contributed by atoms with Crippen molar-refractivity contribution in [1.82, 2.24) is 19.7 Å². The van der Waals surface area contributed by atoms with Crippen LogP contribution in [0.2, 0.25) is 0 Å². The topological polar surface area (TPSA) is 114 Å². The second-order valence-electron chi connectivity index (χ2n) is 9.13. The number of piperidine rings is 1. The van der Waals surface area contributed by atoms with Gasteiger partial charge in [0.05, 0.1) is 11.5 Å². The minimum Gasteiger partial charge on any atom is -0.382 e. The van der Waals surface area contributed by atoms with Crippen LogP contribution in [-0.2, 0) is 16.9 Å². The predicted molar refractivity (Wildman–Crippen MR) is 139 cm³/mol. The van der Waals surface area contributed by atoms with Gasteiger partial charge in [-0.2, -0.15) is 16.9 Å². The number of aliphatic hydroxyl groups is 1. The van der Waals surface area contributed by atoms with Crippen molar-refractivity contribution in [1.29, 1.82) is 0 Å². The molecule has 1 amide bonds. The average Bonchev–Trinajstić information content (AvgIpc) is 3.40. The molecule has 1 aromatic heterocycles. The van der Waals surface area contributed by atoms with E-state index in [2.05, 4.69) is 10.1 Å². The number of hydrogen-bond donors (Lipinski definition) is 1. The van der Waals surface area contributed by atoms with Gasteiger partial charge in [0.25, 0.3) is 5.69 Å². The van der Waals surface area contributed by atoms with Crippen molar-refractivity contribution < 1.29 is 23.6 Å². The number of carbonyl (C=O) groups excluding carboxylic acids is 1. The number of nitrogens with zero attached hydrogens (tertiary/aromatic N) is 5. The van der Waals surface area contributed by atoms with Crippen LogP contribution in [0.15, 0.2) is 61.2 Å². The molecule has 2 atom stereocenters. The molecule has 1 aliphatic heterocycles. The molecule has 0 bridgehead atoms. The molecule has 38 heavy (non-hydrogen) atoms. The van der Waals surface area contributed by atoms with E-state index in [9.17, 15) is 28.8 Å². The zero-order valence-corrected chi connectivity index (χ0v) is 21.4. The molecule has 0 radical (unpaired) electrons. The Kier molecular flexibility index (Phi) is 8.52. The third-order valence-electron chi connectivity index (χ3n) is 6.61. The predicted octanol–water partition coefficient (Wildman–Crippen LogP) is 4.18. The van der Waals surface area contributed by atoms with Gasteiger partial charge in [-0.1, -0.05) is 13.0 Å². The number of nitro benzene ring substituents is 1. The fourth-order valence-corrected chi connectivity index (χ4v) is 5.92. The lowest BCUT2D eigenvalue weighted by Gasteiger charge is -2.38. The van der Waals surface area contributed by atoms with Gasteiger partial charge in [-0.25, -0.2) is 18.4 Å². The van der Waals surface area contributed by atoms with E-state index in [1.54, 1.807) is 30.0 Å². The highest BCUT2D eigenvalue weighted by Crippen LogP contribution is 2.40. The fraction of sp³-hybridized carbons (Fsp3) is 0.346. The Morgan fingerprint density at radius 2 is 1.97 bits per heavy atom. The molecule has 1 saturated heterocycles. The zero-order valence-electron chi connectivity index (χ0n) is 20.6. The van der Waals surface area contributed by atoms with E-state index >= 15 is 0 Å². The van der Waals surface area contributed by atoms with E-state index in [4.69, 9.17) is 0 Å². The van der Waals surface area contributed by atoms with Crippen LogP contribution in [0.1, 0.15) is 30.9 Å². The molecule has 2 unspecified atom stereocenters. The highest BCUT2D eigenvalue weighted by Gasteiger charge is 2.41. The summed E-state index contributed by atoms with van der Waals surface area (Å²) in [6.07, 6.45) is 7.18. The summed E-state index contributed by atoms with van der Waals surface area (Å²) in [5, 5.41) is 26.2. The smallest absolute Gasteiger partial charge is 0.269 e. The Morgan fingerprint density at radius 1 is 1.26 bits per heavy atom. The van der Waals surface area contributed by atoms with Crippen molar-refractivity contribution in [2.45, 2.75) is 42.4 Å². The van der Waals surface area contributed by atoms with Gasteiger partial charge in [-0.05, 0) is 42.7 Å². The fourth-order valence-electron chi connectivity index (χ4n) is 4.43. The lowest BCUT2D eigenvalue weighted by Crippen LogP contribution is -2.44. The third-order valence-corrected chi connectivity index (χ3v) is 8.27. The van der Waals surface area contributed by atoms with Crippen LogP contribution in [0.4, 0.5) is 14.5 Å². The Balaban J connectivity index is 1.38. The second-order valence-corrected chi connectivity index (χ2v) is 10.8. The number of amides is 1. The molecule has 200 valence electrons. The van der Waals surface area contributed by atoms with Gasteiger partial charge in [0.2, 0.25) is 5.91 Å². The van der Waals surface area contributed by atoms with Gasteiger partial charge in [0.15, 0.2) is 0 Å². The molecular formula is C26H27F2N5O4S. The third kappa shape index (κ3) is 6.43. The number of rotatable bonds is 9. The largest absolute Gasteiger partial charge is 0.382 e. The zero-order chi connectivity index (χ0) is 27.3. The monoisotopic (exact) mass is 543 g/mol. The summed E-state index contributed by atoms with van der Waals surface area (Å²) < 4.78 is 29.8. The van der Waals surface area contributed by atoms with Crippen LogP contribution in [0.25, 0.3) is 6.08 Å². The van der Waals surface area contributed by atoms with E-state index in [0.29, 0.717) is 31.5 Å². The van der Waals surface area contributed by atoms with Crippen LogP contribution >= 0.6 is 11.8 Å². The molecule has 4 rings (SSSR count). The lowest BCUT2D eigenvalue weighted by molar-refractivity contribution is -0.384. The van der Waals surface area contributed by atoms with Crippen LogP contribution in [0.5, 0.6) is 0 Å². The maximum Gasteiger partial charge on any atom is 0.269 e. The molecule has 2 heterocycles. The Labute approximate surface area is 222 Å². The van der Waals surface area contributed by atoms with Crippen LogP contribution < -0.4 is 0 Å². The number of benzene rings is 2. The summed E-state index contributed by atoms with van der Waals surface area (Å²) in [7, 11) is 0. The SMILES string of the molecule is CC(SC1CCN(C(=O)/C=C/c2ccc([N+](=O)[O-])cc2)CC1)C(O)(Cn1cncn1)c1ccc(F)cc1F. The number of nitro groups is 1. The average molecular weight is 544 g/mol. The Hall–Kier alpha value is -3.64. The molecule has 3 aromatic rings. The number of aromatic nitrogens is 3. The quantitative estimate of drug-likeness (QED) is 0.245. The van der Waals surface area contributed by atoms with Crippen molar-refractivity contribution in [2.24, 2.45) is 0 Å². The standard InChI is InChI=1S/C26H27F2N5O4S/c1-18(26(35,15-32-17-29-16-30-32)23-8-5-20(27)14-24(23)28)38-22-10-12-31(13-11-22)25(34)9-4-19-2-6-21(7-3-19)33(36)37/h2-9,14,16-18,22,35H,10-13,15H2,1H3/b9-4+. The molecular weight excluding hydrogens is 516 g/mol.